The largest absolute Gasteiger partial charge is 0.462 e. The highest BCUT2D eigenvalue weighted by molar-refractivity contribution is 7.80. The van der Waals surface area contributed by atoms with Gasteiger partial charge in [0.15, 0.2) is 5.11 Å². The SMILES string of the molecule is CCOC(=O)c1cc(Cc2ccccc2)sc1NC(=S)Nc1cc(C)ccc1C. The maximum atomic E-state index is 12.5. The number of thiophene rings is 1. The van der Waals surface area contributed by atoms with Crippen LogP contribution in [-0.2, 0) is 11.2 Å². The van der Waals surface area contributed by atoms with Crippen molar-refractivity contribution in [1.82, 2.24) is 0 Å². The zero-order valence-corrected chi connectivity index (χ0v) is 18.4. The number of ether oxygens (including phenoxy) is 1. The van der Waals surface area contributed by atoms with Gasteiger partial charge in [-0.05, 0) is 61.8 Å². The van der Waals surface area contributed by atoms with E-state index in [1.54, 1.807) is 6.92 Å². The Labute approximate surface area is 180 Å². The second kappa shape index (κ2) is 9.67. The number of carbonyl (C=O) groups excluding carboxylic acids is 1. The fourth-order valence-electron chi connectivity index (χ4n) is 2.91. The van der Waals surface area contributed by atoms with Gasteiger partial charge >= 0.3 is 5.97 Å². The summed E-state index contributed by atoms with van der Waals surface area (Å²) in [6, 6.07) is 18.2. The van der Waals surface area contributed by atoms with Gasteiger partial charge in [-0.3, -0.25) is 0 Å². The molecule has 0 bridgehead atoms. The summed E-state index contributed by atoms with van der Waals surface area (Å²) < 4.78 is 5.23. The third-order valence-electron chi connectivity index (χ3n) is 4.37. The molecule has 0 fully saturated rings. The van der Waals surface area contributed by atoms with Crippen LogP contribution in [-0.4, -0.2) is 17.7 Å². The highest BCUT2D eigenvalue weighted by atomic mass is 32.1. The topological polar surface area (TPSA) is 50.4 Å². The second-order valence-electron chi connectivity index (χ2n) is 6.74. The predicted octanol–water partition coefficient (Wildman–Crippen LogP) is 5.94. The van der Waals surface area contributed by atoms with E-state index >= 15 is 0 Å². The van der Waals surface area contributed by atoms with Gasteiger partial charge in [0.2, 0.25) is 0 Å². The lowest BCUT2D eigenvalue weighted by atomic mass is 10.1. The van der Waals surface area contributed by atoms with Gasteiger partial charge in [0.1, 0.15) is 5.00 Å². The van der Waals surface area contributed by atoms with Gasteiger partial charge in [-0.25, -0.2) is 4.79 Å². The lowest BCUT2D eigenvalue weighted by Gasteiger charge is -2.13. The zero-order valence-electron chi connectivity index (χ0n) is 16.7. The summed E-state index contributed by atoms with van der Waals surface area (Å²) in [7, 11) is 0. The highest BCUT2D eigenvalue weighted by Crippen LogP contribution is 2.31. The summed E-state index contributed by atoms with van der Waals surface area (Å²) in [5.74, 6) is -0.347. The fourth-order valence-corrected chi connectivity index (χ4v) is 4.27. The Bertz CT molecular complexity index is 1010. The van der Waals surface area contributed by atoms with Gasteiger partial charge in [0.05, 0.1) is 12.2 Å². The van der Waals surface area contributed by atoms with Crippen LogP contribution in [0.15, 0.2) is 54.6 Å². The van der Waals surface area contributed by atoms with E-state index < -0.39 is 0 Å². The third-order valence-corrected chi connectivity index (χ3v) is 5.62. The molecule has 0 radical (unpaired) electrons. The van der Waals surface area contributed by atoms with Crippen molar-refractivity contribution in [3.8, 4) is 0 Å². The van der Waals surface area contributed by atoms with Gasteiger partial charge in [-0.1, -0.05) is 42.5 Å². The highest BCUT2D eigenvalue weighted by Gasteiger charge is 2.18. The number of benzene rings is 2. The Kier molecular flexibility index (Phi) is 7.01. The predicted molar refractivity (Wildman–Crippen MR) is 125 cm³/mol. The van der Waals surface area contributed by atoms with E-state index in [-0.39, 0.29) is 5.97 Å². The molecule has 3 rings (SSSR count). The van der Waals surface area contributed by atoms with Crippen LogP contribution < -0.4 is 10.6 Å². The lowest BCUT2D eigenvalue weighted by Crippen LogP contribution is -2.20. The van der Waals surface area contributed by atoms with Crippen LogP contribution in [0.3, 0.4) is 0 Å². The van der Waals surface area contributed by atoms with Crippen LogP contribution in [0.2, 0.25) is 0 Å². The summed E-state index contributed by atoms with van der Waals surface area (Å²) in [6.07, 6.45) is 0.747. The first-order chi connectivity index (χ1) is 14.0. The minimum Gasteiger partial charge on any atom is -0.462 e. The number of esters is 1. The third kappa shape index (κ3) is 5.65. The maximum absolute atomic E-state index is 12.5. The van der Waals surface area contributed by atoms with Gasteiger partial charge in [-0.15, -0.1) is 11.3 Å². The number of hydrogen-bond acceptors (Lipinski definition) is 4. The molecule has 0 aliphatic heterocycles. The average molecular weight is 425 g/mol. The number of aryl methyl sites for hydroxylation is 2. The monoisotopic (exact) mass is 424 g/mol. The second-order valence-corrected chi connectivity index (χ2v) is 8.28. The molecule has 1 heterocycles. The summed E-state index contributed by atoms with van der Waals surface area (Å²) in [5, 5.41) is 7.55. The molecule has 0 saturated carbocycles. The van der Waals surface area contributed by atoms with Crippen molar-refractivity contribution in [1.29, 1.82) is 0 Å². The van der Waals surface area contributed by atoms with Crippen LogP contribution in [0.4, 0.5) is 10.7 Å². The van der Waals surface area contributed by atoms with Crippen LogP contribution in [0.5, 0.6) is 0 Å². The Hall–Kier alpha value is -2.70. The number of rotatable bonds is 6. The van der Waals surface area contributed by atoms with Crippen LogP contribution in [0.25, 0.3) is 0 Å². The van der Waals surface area contributed by atoms with E-state index in [2.05, 4.69) is 28.8 Å². The van der Waals surface area contributed by atoms with Crippen molar-refractivity contribution in [3.63, 3.8) is 0 Å². The number of anilines is 2. The Morgan fingerprint density at radius 2 is 1.83 bits per heavy atom. The van der Waals surface area contributed by atoms with Gasteiger partial charge in [0.25, 0.3) is 0 Å². The number of hydrogen-bond donors (Lipinski definition) is 2. The van der Waals surface area contributed by atoms with Crippen molar-refractivity contribution in [2.75, 3.05) is 17.2 Å². The molecule has 29 heavy (non-hydrogen) atoms. The standard InChI is InChI=1S/C23H24N2O2S2/c1-4-27-22(26)19-14-18(13-17-8-6-5-7-9-17)29-21(19)25-23(28)24-20-12-15(2)10-11-16(20)3/h5-12,14H,4,13H2,1-3H3,(H2,24,25,28). The van der Waals surface area contributed by atoms with E-state index in [4.69, 9.17) is 17.0 Å². The van der Waals surface area contributed by atoms with E-state index in [1.165, 1.54) is 16.9 Å². The first kappa shape index (κ1) is 21.0. The van der Waals surface area contributed by atoms with Gasteiger partial charge in [-0.2, -0.15) is 0 Å². The number of nitrogens with one attached hydrogen (secondary N) is 2. The Balaban J connectivity index is 1.81. The lowest BCUT2D eigenvalue weighted by molar-refractivity contribution is 0.0528. The minimum atomic E-state index is -0.347. The van der Waals surface area contributed by atoms with Crippen molar-refractivity contribution in [2.24, 2.45) is 0 Å². The maximum Gasteiger partial charge on any atom is 0.341 e. The van der Waals surface area contributed by atoms with Gasteiger partial charge < -0.3 is 15.4 Å². The van der Waals surface area contributed by atoms with Crippen molar-refractivity contribution >= 4 is 45.3 Å². The molecule has 0 aliphatic rings. The minimum absolute atomic E-state index is 0.327. The molecule has 0 aliphatic carbocycles. The van der Waals surface area contributed by atoms with E-state index in [9.17, 15) is 4.79 Å². The number of carbonyl (C=O) groups is 1. The molecule has 6 heteroatoms. The van der Waals surface area contributed by atoms with E-state index in [0.717, 1.165) is 28.1 Å². The molecule has 150 valence electrons. The smallest absolute Gasteiger partial charge is 0.341 e. The van der Waals surface area contributed by atoms with Crippen molar-refractivity contribution in [3.05, 3.63) is 81.7 Å². The summed E-state index contributed by atoms with van der Waals surface area (Å²) >= 11 is 7.02. The summed E-state index contributed by atoms with van der Waals surface area (Å²) in [5.41, 5.74) is 4.89. The first-order valence-corrected chi connectivity index (χ1v) is 10.7. The molecule has 0 unspecified atom stereocenters. The molecule has 2 aromatic carbocycles. The Morgan fingerprint density at radius 1 is 1.07 bits per heavy atom. The molecule has 2 N–H and O–H groups in total. The molecule has 1 aromatic heterocycles. The van der Waals surface area contributed by atoms with E-state index in [1.807, 2.05) is 50.2 Å². The summed E-state index contributed by atoms with van der Waals surface area (Å²) in [4.78, 5) is 13.5. The molecule has 0 atom stereocenters. The molecular weight excluding hydrogens is 400 g/mol. The molecule has 3 aromatic rings. The van der Waals surface area contributed by atoms with Crippen LogP contribution in [0, 0.1) is 13.8 Å². The first-order valence-electron chi connectivity index (χ1n) is 9.45. The molecule has 4 nitrogen and oxygen atoms in total. The molecule has 0 saturated heterocycles. The van der Waals surface area contributed by atoms with Crippen molar-refractivity contribution in [2.45, 2.75) is 27.2 Å². The molecule has 0 spiro atoms. The number of thiocarbonyl (C=S) groups is 1. The van der Waals surface area contributed by atoms with Crippen molar-refractivity contribution < 1.29 is 9.53 Å². The molecular formula is C23H24N2O2S2. The summed E-state index contributed by atoms with van der Waals surface area (Å²) in [6.45, 7) is 6.19. The normalized spacial score (nSPS) is 10.4. The Morgan fingerprint density at radius 3 is 2.55 bits per heavy atom. The zero-order chi connectivity index (χ0) is 20.8. The quantitative estimate of drug-likeness (QED) is 0.379. The fraction of sp³-hybridized carbons (Fsp3) is 0.217. The molecule has 0 amide bonds. The van der Waals surface area contributed by atoms with Gasteiger partial charge in [0, 0.05) is 17.0 Å². The van der Waals surface area contributed by atoms with Crippen LogP contribution in [0.1, 0.15) is 38.8 Å². The average Bonchev–Trinajstić information content (AvgIpc) is 3.08. The van der Waals surface area contributed by atoms with E-state index in [0.29, 0.717) is 22.3 Å². The van der Waals surface area contributed by atoms with Crippen LogP contribution >= 0.6 is 23.6 Å².